The molecule has 12 heteroatoms. The van der Waals surface area contributed by atoms with Crippen LogP contribution in [0.1, 0.15) is 196 Å². The number of ether oxygens (including phenoxy) is 8. The standard InChI is InChI=1S/C57H116N4O8/c1-44(51(6,7)8)66-29-21-27-63-32-26-59-54(15,16)23-24-57(20,45(2)67-30-22-28-62-31-25-58-52(9,10)11)56(19,43-65-34-36-69-48-37-46(38-48)60-53(12,13)14)41-55(17,18)61-47-39-49(40-47)68-35-33-64-42-50(3,4)5/h44-49,58-61H,21-43H2,1-20H3/t44-,45+,46?,47?,48?,49?,56-,57?/m1/s1. The van der Waals surface area contributed by atoms with E-state index in [1.807, 2.05) is 0 Å². The Kier molecular flexibility index (Phi) is 27.7. The van der Waals surface area contributed by atoms with Crippen molar-refractivity contribution < 1.29 is 37.9 Å². The molecule has 2 fully saturated rings. The lowest BCUT2D eigenvalue weighted by Crippen LogP contribution is -2.59. The second-order valence-corrected chi connectivity index (χ2v) is 27.4. The summed E-state index contributed by atoms with van der Waals surface area (Å²) in [6.45, 7) is 54.9. The van der Waals surface area contributed by atoms with Crippen LogP contribution in [-0.2, 0) is 37.9 Å². The molecule has 0 bridgehead atoms. The molecule has 2 saturated carbocycles. The lowest BCUT2D eigenvalue weighted by Gasteiger charge is -2.54. The molecular formula is C57H116N4O8. The van der Waals surface area contributed by atoms with Crippen LogP contribution in [0.15, 0.2) is 0 Å². The smallest absolute Gasteiger partial charge is 0.0704 e. The molecule has 0 heterocycles. The van der Waals surface area contributed by atoms with E-state index in [1.165, 1.54) is 0 Å². The minimum absolute atomic E-state index is 0.0349. The predicted octanol–water partition coefficient (Wildman–Crippen LogP) is 10.5. The molecule has 0 amide bonds. The summed E-state index contributed by atoms with van der Waals surface area (Å²) in [6.07, 6.45) is 9.49. The van der Waals surface area contributed by atoms with Crippen molar-refractivity contribution in [2.24, 2.45) is 21.7 Å². The van der Waals surface area contributed by atoms with Crippen molar-refractivity contribution in [3.63, 3.8) is 0 Å². The molecule has 69 heavy (non-hydrogen) atoms. The van der Waals surface area contributed by atoms with Gasteiger partial charge in [0.15, 0.2) is 0 Å². The van der Waals surface area contributed by atoms with E-state index < -0.39 is 0 Å². The second-order valence-electron chi connectivity index (χ2n) is 27.4. The Bertz CT molecular complexity index is 1340. The maximum atomic E-state index is 6.92. The highest BCUT2D eigenvalue weighted by Gasteiger charge is 2.52. The first-order valence-electron chi connectivity index (χ1n) is 27.6. The average Bonchev–Trinajstić information content (AvgIpc) is 3.17. The van der Waals surface area contributed by atoms with E-state index in [-0.39, 0.29) is 62.1 Å². The van der Waals surface area contributed by atoms with Gasteiger partial charge in [-0.3, -0.25) is 0 Å². The van der Waals surface area contributed by atoms with Crippen molar-refractivity contribution in [3.8, 4) is 0 Å². The van der Waals surface area contributed by atoms with E-state index in [1.54, 1.807) is 0 Å². The van der Waals surface area contributed by atoms with Crippen molar-refractivity contribution in [2.75, 3.05) is 92.4 Å². The molecule has 0 aromatic rings. The highest BCUT2D eigenvalue weighted by Crippen LogP contribution is 2.52. The van der Waals surface area contributed by atoms with E-state index in [2.05, 4.69) is 160 Å². The largest absolute Gasteiger partial charge is 0.380 e. The van der Waals surface area contributed by atoms with Gasteiger partial charge in [-0.1, -0.05) is 55.4 Å². The van der Waals surface area contributed by atoms with Gasteiger partial charge in [-0.25, -0.2) is 0 Å². The minimum Gasteiger partial charge on any atom is -0.380 e. The third-order valence-corrected chi connectivity index (χ3v) is 14.5. The number of hydrogen-bond donors (Lipinski definition) is 4. The van der Waals surface area contributed by atoms with Gasteiger partial charge in [-0.05, 0) is 152 Å². The molecule has 0 aliphatic heterocycles. The molecule has 0 aromatic carbocycles. The van der Waals surface area contributed by atoms with Crippen LogP contribution in [0.25, 0.3) is 0 Å². The zero-order valence-electron chi connectivity index (χ0n) is 49.0. The van der Waals surface area contributed by atoms with Crippen LogP contribution >= 0.6 is 0 Å². The molecule has 4 N–H and O–H groups in total. The molecule has 412 valence electrons. The van der Waals surface area contributed by atoms with E-state index in [4.69, 9.17) is 37.9 Å². The summed E-state index contributed by atoms with van der Waals surface area (Å²) in [6, 6.07) is 0.929. The van der Waals surface area contributed by atoms with Crippen LogP contribution < -0.4 is 21.3 Å². The van der Waals surface area contributed by atoms with Gasteiger partial charge < -0.3 is 59.2 Å². The van der Waals surface area contributed by atoms with E-state index >= 15 is 0 Å². The molecule has 12 nitrogen and oxygen atoms in total. The summed E-state index contributed by atoms with van der Waals surface area (Å²) < 4.78 is 50.3. The molecule has 2 aliphatic rings. The summed E-state index contributed by atoms with van der Waals surface area (Å²) in [5.41, 5.74) is -0.286. The summed E-state index contributed by atoms with van der Waals surface area (Å²) in [5, 5.41) is 15.2. The summed E-state index contributed by atoms with van der Waals surface area (Å²) in [4.78, 5) is 0. The fourth-order valence-corrected chi connectivity index (χ4v) is 9.57. The minimum atomic E-state index is -0.258. The molecule has 0 saturated heterocycles. The Labute approximate surface area is 426 Å². The second kappa shape index (κ2) is 29.6. The van der Waals surface area contributed by atoms with E-state index in [9.17, 15) is 0 Å². The zero-order valence-corrected chi connectivity index (χ0v) is 49.0. The molecule has 4 atom stereocenters. The lowest BCUT2D eigenvalue weighted by molar-refractivity contribution is -0.141. The van der Waals surface area contributed by atoms with Crippen LogP contribution in [0.4, 0.5) is 0 Å². The first-order valence-corrected chi connectivity index (χ1v) is 27.6. The lowest BCUT2D eigenvalue weighted by atomic mass is 9.56. The first-order chi connectivity index (χ1) is 31.7. The van der Waals surface area contributed by atoms with Crippen molar-refractivity contribution in [1.82, 2.24) is 21.3 Å². The molecule has 2 aliphatic carbocycles. The number of nitrogens with one attached hydrogen (secondary N) is 4. The van der Waals surface area contributed by atoms with Gasteiger partial charge in [-0.15, -0.1) is 0 Å². The van der Waals surface area contributed by atoms with Gasteiger partial charge in [0, 0.05) is 84.6 Å². The quantitative estimate of drug-likeness (QED) is 0.0441. The van der Waals surface area contributed by atoms with Gasteiger partial charge in [0.25, 0.3) is 0 Å². The van der Waals surface area contributed by atoms with Gasteiger partial charge in [0.05, 0.1) is 77.3 Å². The topological polar surface area (TPSA) is 122 Å². The van der Waals surface area contributed by atoms with Gasteiger partial charge in [-0.2, -0.15) is 0 Å². The molecule has 0 spiro atoms. The third kappa shape index (κ3) is 28.1. The Balaban J connectivity index is 2.18. The van der Waals surface area contributed by atoms with Gasteiger partial charge >= 0.3 is 0 Å². The molecular weight excluding hydrogens is 869 g/mol. The van der Waals surface area contributed by atoms with Crippen LogP contribution in [0.2, 0.25) is 0 Å². The molecule has 2 rings (SSSR count). The van der Waals surface area contributed by atoms with Crippen molar-refractivity contribution in [2.45, 2.75) is 255 Å². The normalized spacial score (nSPS) is 22.4. The number of hydrogen-bond acceptors (Lipinski definition) is 12. The fraction of sp³-hybridized carbons (Fsp3) is 1.00. The maximum absolute atomic E-state index is 6.92. The summed E-state index contributed by atoms with van der Waals surface area (Å²) in [5.74, 6) is 0. The summed E-state index contributed by atoms with van der Waals surface area (Å²) >= 11 is 0. The Morgan fingerprint density at radius 2 is 0.928 bits per heavy atom. The maximum Gasteiger partial charge on any atom is 0.0704 e. The van der Waals surface area contributed by atoms with E-state index in [0.717, 1.165) is 84.1 Å². The predicted molar refractivity (Wildman–Crippen MR) is 288 cm³/mol. The van der Waals surface area contributed by atoms with Gasteiger partial charge in [0.2, 0.25) is 0 Å². The van der Waals surface area contributed by atoms with Gasteiger partial charge in [0.1, 0.15) is 0 Å². The first kappa shape index (κ1) is 64.6. The molecule has 0 aromatic heterocycles. The van der Waals surface area contributed by atoms with Crippen molar-refractivity contribution >= 4 is 0 Å². The average molecular weight is 986 g/mol. The zero-order chi connectivity index (χ0) is 52.2. The third-order valence-electron chi connectivity index (χ3n) is 14.5. The molecule has 0 radical (unpaired) electrons. The number of rotatable bonds is 38. The Morgan fingerprint density at radius 1 is 0.449 bits per heavy atom. The SMILES string of the molecule is C[C@H](OCCCOCCNC(C)(C)C)C(C)(CCC(C)(C)NCCOCCCO[C@H](C)C(C)(C)C)[C@@](C)(COCCOC1CC(NC(C)(C)C)C1)CC(C)(C)NC1CC(OCCOCC(C)(C)C)C1. The highest BCUT2D eigenvalue weighted by molar-refractivity contribution is 5.04. The van der Waals surface area contributed by atoms with Crippen LogP contribution in [-0.4, -0.2) is 151 Å². The van der Waals surface area contributed by atoms with Crippen LogP contribution in [0.5, 0.6) is 0 Å². The monoisotopic (exact) mass is 985 g/mol. The highest BCUT2D eigenvalue weighted by atomic mass is 16.5. The Morgan fingerprint density at radius 3 is 1.41 bits per heavy atom. The summed E-state index contributed by atoms with van der Waals surface area (Å²) in [7, 11) is 0. The Hall–Kier alpha value is -0.480. The fourth-order valence-electron chi connectivity index (χ4n) is 9.57. The van der Waals surface area contributed by atoms with Crippen LogP contribution in [0, 0.1) is 21.7 Å². The van der Waals surface area contributed by atoms with Crippen molar-refractivity contribution in [1.29, 1.82) is 0 Å². The molecule has 1 unspecified atom stereocenters. The van der Waals surface area contributed by atoms with Crippen molar-refractivity contribution in [3.05, 3.63) is 0 Å². The van der Waals surface area contributed by atoms with Crippen LogP contribution in [0.3, 0.4) is 0 Å². The van der Waals surface area contributed by atoms with E-state index in [0.29, 0.717) is 84.3 Å².